The molecule has 0 aromatic carbocycles. The van der Waals surface area contributed by atoms with Crippen LogP contribution in [0, 0.1) is 5.41 Å². The second-order valence-corrected chi connectivity index (χ2v) is 4.27. The van der Waals surface area contributed by atoms with Crippen LogP contribution in [0.2, 0.25) is 0 Å². The monoisotopic (exact) mass is 234 g/mol. The second kappa shape index (κ2) is 5.14. The number of nitrogens with one attached hydrogen (secondary N) is 1. The summed E-state index contributed by atoms with van der Waals surface area (Å²) in [5.74, 6) is 0.0124. The molecular formula is C12H18N4O. The topological polar surface area (TPSA) is 75.2 Å². The van der Waals surface area contributed by atoms with E-state index in [0.29, 0.717) is 5.69 Å². The fourth-order valence-corrected chi connectivity index (χ4v) is 2.07. The third-order valence-corrected chi connectivity index (χ3v) is 2.83. The van der Waals surface area contributed by atoms with Crippen molar-refractivity contribution in [1.82, 2.24) is 4.98 Å². The minimum atomic E-state index is 0.0124. The lowest BCUT2D eigenvalue weighted by molar-refractivity contribution is 0.0821. The average Bonchev–Trinajstić information content (AvgIpc) is 2.54. The molecule has 0 spiro atoms. The van der Waals surface area contributed by atoms with E-state index in [1.807, 2.05) is 12.1 Å². The SMILES string of the molecule is CC1CN(c2cccnc2C(=N)N)CCCO1. The van der Waals surface area contributed by atoms with Gasteiger partial charge >= 0.3 is 0 Å². The van der Waals surface area contributed by atoms with Crippen molar-refractivity contribution in [1.29, 1.82) is 5.41 Å². The molecule has 2 rings (SSSR count). The van der Waals surface area contributed by atoms with Gasteiger partial charge in [0.1, 0.15) is 11.5 Å². The predicted molar refractivity (Wildman–Crippen MR) is 67.5 cm³/mol. The van der Waals surface area contributed by atoms with Crippen molar-refractivity contribution in [2.75, 3.05) is 24.6 Å². The van der Waals surface area contributed by atoms with Gasteiger partial charge in [-0.2, -0.15) is 0 Å². The quantitative estimate of drug-likeness (QED) is 0.591. The minimum Gasteiger partial charge on any atom is -0.382 e. The molecule has 1 fully saturated rings. The highest BCUT2D eigenvalue weighted by Crippen LogP contribution is 2.20. The Balaban J connectivity index is 2.28. The maximum atomic E-state index is 7.56. The van der Waals surface area contributed by atoms with Crippen LogP contribution in [-0.4, -0.2) is 36.6 Å². The molecule has 0 aliphatic carbocycles. The number of rotatable bonds is 2. The Morgan fingerprint density at radius 3 is 3.24 bits per heavy atom. The number of ether oxygens (including phenoxy) is 1. The third-order valence-electron chi connectivity index (χ3n) is 2.83. The van der Waals surface area contributed by atoms with Crippen molar-refractivity contribution in [3.05, 3.63) is 24.0 Å². The number of anilines is 1. The van der Waals surface area contributed by atoms with Gasteiger partial charge in [0, 0.05) is 25.9 Å². The lowest BCUT2D eigenvalue weighted by atomic mass is 10.2. The molecule has 1 aliphatic rings. The van der Waals surface area contributed by atoms with Gasteiger partial charge in [-0.1, -0.05) is 0 Å². The van der Waals surface area contributed by atoms with Gasteiger partial charge in [0.05, 0.1) is 11.8 Å². The Morgan fingerprint density at radius 1 is 1.65 bits per heavy atom. The lowest BCUT2D eigenvalue weighted by Gasteiger charge is -2.25. The first-order chi connectivity index (χ1) is 8.18. The highest BCUT2D eigenvalue weighted by Gasteiger charge is 2.19. The van der Waals surface area contributed by atoms with Gasteiger partial charge < -0.3 is 15.4 Å². The molecule has 1 aliphatic heterocycles. The van der Waals surface area contributed by atoms with E-state index in [1.165, 1.54) is 0 Å². The van der Waals surface area contributed by atoms with E-state index in [-0.39, 0.29) is 11.9 Å². The zero-order valence-corrected chi connectivity index (χ0v) is 10.0. The number of nitrogens with two attached hydrogens (primary N) is 1. The zero-order chi connectivity index (χ0) is 12.3. The highest BCUT2D eigenvalue weighted by atomic mass is 16.5. The summed E-state index contributed by atoms with van der Waals surface area (Å²) >= 11 is 0. The second-order valence-electron chi connectivity index (χ2n) is 4.27. The van der Waals surface area contributed by atoms with Gasteiger partial charge in [-0.05, 0) is 25.5 Å². The molecule has 0 amide bonds. The summed E-state index contributed by atoms with van der Waals surface area (Å²) < 4.78 is 5.61. The van der Waals surface area contributed by atoms with Crippen LogP contribution in [0.15, 0.2) is 18.3 Å². The van der Waals surface area contributed by atoms with E-state index < -0.39 is 0 Å². The Hall–Kier alpha value is -1.62. The molecule has 0 saturated carbocycles. The Bertz CT molecular complexity index is 407. The number of amidine groups is 1. The predicted octanol–water partition coefficient (Wildman–Crippen LogP) is 0.981. The average molecular weight is 234 g/mol. The van der Waals surface area contributed by atoms with E-state index >= 15 is 0 Å². The first kappa shape index (κ1) is 11.9. The molecule has 1 aromatic rings. The smallest absolute Gasteiger partial charge is 0.143 e. The van der Waals surface area contributed by atoms with Crippen molar-refractivity contribution >= 4 is 11.5 Å². The van der Waals surface area contributed by atoms with Gasteiger partial charge in [0.15, 0.2) is 0 Å². The molecule has 1 saturated heterocycles. The molecule has 1 aromatic heterocycles. The minimum absolute atomic E-state index is 0.0124. The summed E-state index contributed by atoms with van der Waals surface area (Å²) in [6, 6.07) is 3.83. The first-order valence-electron chi connectivity index (χ1n) is 5.84. The number of aromatic nitrogens is 1. The normalized spacial score (nSPS) is 21.0. The standard InChI is InChI=1S/C12H18N4O/c1-9-8-16(6-3-7-17-9)10-4-2-5-15-11(10)12(13)14/h2,4-5,9H,3,6-8H2,1H3,(H3,13,14). The van der Waals surface area contributed by atoms with Gasteiger partial charge in [-0.15, -0.1) is 0 Å². The number of hydrogen-bond donors (Lipinski definition) is 2. The zero-order valence-electron chi connectivity index (χ0n) is 10.0. The first-order valence-corrected chi connectivity index (χ1v) is 5.84. The molecular weight excluding hydrogens is 216 g/mol. The molecule has 5 heteroatoms. The van der Waals surface area contributed by atoms with E-state index in [1.54, 1.807) is 6.20 Å². The molecule has 3 N–H and O–H groups in total. The van der Waals surface area contributed by atoms with Crippen molar-refractivity contribution in [3.63, 3.8) is 0 Å². The van der Waals surface area contributed by atoms with E-state index in [9.17, 15) is 0 Å². The summed E-state index contributed by atoms with van der Waals surface area (Å²) in [6.07, 6.45) is 2.84. The van der Waals surface area contributed by atoms with Crippen LogP contribution in [0.4, 0.5) is 5.69 Å². The number of hydrogen-bond acceptors (Lipinski definition) is 4. The summed E-state index contributed by atoms with van der Waals surface area (Å²) in [6.45, 7) is 4.57. The Labute approximate surface area is 101 Å². The van der Waals surface area contributed by atoms with Gasteiger partial charge in [0.25, 0.3) is 0 Å². The molecule has 1 unspecified atom stereocenters. The van der Waals surface area contributed by atoms with E-state index in [0.717, 1.165) is 31.8 Å². The fraction of sp³-hybridized carbons (Fsp3) is 0.500. The van der Waals surface area contributed by atoms with Crippen LogP contribution in [0.1, 0.15) is 19.0 Å². The van der Waals surface area contributed by atoms with E-state index in [4.69, 9.17) is 15.9 Å². The highest BCUT2D eigenvalue weighted by molar-refractivity contribution is 5.98. The Kier molecular flexibility index (Phi) is 3.58. The summed E-state index contributed by atoms with van der Waals surface area (Å²) in [7, 11) is 0. The van der Waals surface area contributed by atoms with Crippen LogP contribution in [0.25, 0.3) is 0 Å². The molecule has 92 valence electrons. The maximum Gasteiger partial charge on any atom is 0.143 e. The van der Waals surface area contributed by atoms with Gasteiger partial charge in [-0.3, -0.25) is 10.4 Å². The lowest BCUT2D eigenvalue weighted by Crippen LogP contribution is -2.32. The van der Waals surface area contributed by atoms with Crippen LogP contribution in [-0.2, 0) is 4.74 Å². The summed E-state index contributed by atoms with van der Waals surface area (Å²) in [5, 5.41) is 7.56. The third kappa shape index (κ3) is 2.74. The molecule has 2 heterocycles. The molecule has 17 heavy (non-hydrogen) atoms. The molecule has 0 radical (unpaired) electrons. The van der Waals surface area contributed by atoms with Crippen LogP contribution in [0.3, 0.4) is 0 Å². The molecule has 1 atom stereocenters. The maximum absolute atomic E-state index is 7.56. The number of pyridine rings is 1. The van der Waals surface area contributed by atoms with Crippen molar-refractivity contribution < 1.29 is 4.74 Å². The van der Waals surface area contributed by atoms with Crippen molar-refractivity contribution in [3.8, 4) is 0 Å². The molecule has 0 bridgehead atoms. The van der Waals surface area contributed by atoms with Crippen LogP contribution in [0.5, 0.6) is 0 Å². The van der Waals surface area contributed by atoms with Gasteiger partial charge in [0.2, 0.25) is 0 Å². The van der Waals surface area contributed by atoms with Crippen LogP contribution >= 0.6 is 0 Å². The van der Waals surface area contributed by atoms with Crippen molar-refractivity contribution in [2.45, 2.75) is 19.4 Å². The number of nitrogens with zero attached hydrogens (tertiary/aromatic N) is 2. The van der Waals surface area contributed by atoms with Crippen LogP contribution < -0.4 is 10.6 Å². The largest absolute Gasteiger partial charge is 0.382 e. The summed E-state index contributed by atoms with van der Waals surface area (Å²) in [4.78, 5) is 6.37. The fourth-order valence-electron chi connectivity index (χ4n) is 2.07. The van der Waals surface area contributed by atoms with Crippen molar-refractivity contribution in [2.24, 2.45) is 5.73 Å². The number of nitrogen functional groups attached to an aromatic ring is 1. The van der Waals surface area contributed by atoms with Gasteiger partial charge in [-0.25, -0.2) is 0 Å². The summed E-state index contributed by atoms with van der Waals surface area (Å²) in [5.41, 5.74) is 7.04. The Morgan fingerprint density at radius 2 is 2.47 bits per heavy atom. The van der Waals surface area contributed by atoms with E-state index in [2.05, 4.69) is 16.8 Å². The molecule has 5 nitrogen and oxygen atoms in total.